The second kappa shape index (κ2) is 7.17. The second-order valence-corrected chi connectivity index (χ2v) is 5.86. The number of rotatable bonds is 5. The lowest BCUT2D eigenvalue weighted by Crippen LogP contribution is -2.38. The lowest BCUT2D eigenvalue weighted by molar-refractivity contribution is -0.126. The third-order valence-corrected chi connectivity index (χ3v) is 4.16. The first-order valence-electron chi connectivity index (χ1n) is 7.94. The first kappa shape index (κ1) is 16.1. The quantitative estimate of drug-likeness (QED) is 0.884. The van der Waals surface area contributed by atoms with Gasteiger partial charge in [-0.05, 0) is 42.2 Å². The van der Waals surface area contributed by atoms with Crippen molar-refractivity contribution in [2.24, 2.45) is 5.92 Å². The van der Waals surface area contributed by atoms with Gasteiger partial charge in [-0.15, -0.1) is 0 Å². The van der Waals surface area contributed by atoms with Crippen LogP contribution in [0.25, 0.3) is 0 Å². The van der Waals surface area contributed by atoms with Gasteiger partial charge in [-0.1, -0.05) is 30.3 Å². The van der Waals surface area contributed by atoms with Crippen molar-refractivity contribution < 1.29 is 19.4 Å². The fourth-order valence-electron chi connectivity index (χ4n) is 2.78. The van der Waals surface area contributed by atoms with E-state index in [1.165, 1.54) is 0 Å². The van der Waals surface area contributed by atoms with Gasteiger partial charge in [0.15, 0.2) is 0 Å². The summed E-state index contributed by atoms with van der Waals surface area (Å²) in [6.45, 7) is 0.916. The van der Waals surface area contributed by atoms with Crippen molar-refractivity contribution >= 4 is 11.9 Å². The number of carboxylic acid groups (broad SMARTS) is 1. The number of amides is 1. The van der Waals surface area contributed by atoms with E-state index >= 15 is 0 Å². The van der Waals surface area contributed by atoms with Gasteiger partial charge in [-0.2, -0.15) is 0 Å². The van der Waals surface area contributed by atoms with E-state index in [0.29, 0.717) is 26.0 Å². The maximum atomic E-state index is 12.3. The van der Waals surface area contributed by atoms with Crippen LogP contribution in [0.2, 0.25) is 0 Å². The average molecular weight is 325 g/mol. The SMILES string of the molecule is O=C(O)c1ccc(CCNC(=O)[C@@H]2COc3ccccc3C2)cc1. The number of hydrogen-bond donors (Lipinski definition) is 2. The minimum atomic E-state index is -0.938. The Morgan fingerprint density at radius 2 is 1.88 bits per heavy atom. The number of carbonyl (C=O) groups excluding carboxylic acids is 1. The highest BCUT2D eigenvalue weighted by Crippen LogP contribution is 2.26. The van der Waals surface area contributed by atoms with Crippen LogP contribution in [-0.2, 0) is 17.6 Å². The van der Waals surface area contributed by atoms with Crippen molar-refractivity contribution in [1.82, 2.24) is 5.32 Å². The van der Waals surface area contributed by atoms with Crippen LogP contribution >= 0.6 is 0 Å². The molecule has 1 heterocycles. The lowest BCUT2D eigenvalue weighted by atomic mass is 9.96. The maximum Gasteiger partial charge on any atom is 0.335 e. The third-order valence-electron chi connectivity index (χ3n) is 4.16. The van der Waals surface area contributed by atoms with E-state index in [4.69, 9.17) is 9.84 Å². The highest BCUT2D eigenvalue weighted by molar-refractivity contribution is 5.87. The van der Waals surface area contributed by atoms with Crippen LogP contribution in [0.15, 0.2) is 48.5 Å². The van der Waals surface area contributed by atoms with Crippen LogP contribution in [0, 0.1) is 5.92 Å². The van der Waals surface area contributed by atoms with Gasteiger partial charge in [0.1, 0.15) is 12.4 Å². The molecule has 2 N–H and O–H groups in total. The molecule has 2 aromatic carbocycles. The molecule has 1 amide bonds. The molecule has 0 unspecified atom stereocenters. The molecule has 0 aliphatic carbocycles. The van der Waals surface area contributed by atoms with Crippen LogP contribution in [0.3, 0.4) is 0 Å². The first-order chi connectivity index (χ1) is 11.6. The maximum absolute atomic E-state index is 12.3. The molecular weight excluding hydrogens is 306 g/mol. The molecular formula is C19H19NO4. The fraction of sp³-hybridized carbons (Fsp3) is 0.263. The molecule has 1 atom stereocenters. The van der Waals surface area contributed by atoms with Gasteiger partial charge in [0, 0.05) is 6.54 Å². The summed E-state index contributed by atoms with van der Waals surface area (Å²) in [5, 5.41) is 11.8. The molecule has 124 valence electrons. The van der Waals surface area contributed by atoms with Crippen LogP contribution in [-0.4, -0.2) is 30.1 Å². The summed E-state index contributed by atoms with van der Waals surface area (Å²) in [6.07, 6.45) is 1.35. The van der Waals surface area contributed by atoms with Gasteiger partial charge in [-0.25, -0.2) is 4.79 Å². The van der Waals surface area contributed by atoms with E-state index in [1.54, 1.807) is 24.3 Å². The molecule has 3 rings (SSSR count). The zero-order valence-electron chi connectivity index (χ0n) is 13.2. The van der Waals surface area contributed by atoms with Crippen molar-refractivity contribution in [2.45, 2.75) is 12.8 Å². The van der Waals surface area contributed by atoms with Crippen LogP contribution in [0.4, 0.5) is 0 Å². The number of ether oxygens (including phenoxy) is 1. The Hall–Kier alpha value is -2.82. The second-order valence-electron chi connectivity index (χ2n) is 5.86. The standard InChI is InChI=1S/C19H19NO4/c21-18(16-11-15-3-1-2-4-17(15)24-12-16)20-10-9-13-5-7-14(8-6-13)19(22)23/h1-8,16H,9-12H2,(H,20,21)(H,22,23)/t16-/m0/s1. The minimum absolute atomic E-state index is 0.00772. The minimum Gasteiger partial charge on any atom is -0.492 e. The molecule has 2 aromatic rings. The molecule has 0 aromatic heterocycles. The van der Waals surface area contributed by atoms with Crippen molar-refractivity contribution in [3.63, 3.8) is 0 Å². The van der Waals surface area contributed by atoms with Crippen molar-refractivity contribution in [1.29, 1.82) is 0 Å². The zero-order valence-corrected chi connectivity index (χ0v) is 13.2. The highest BCUT2D eigenvalue weighted by atomic mass is 16.5. The van der Waals surface area contributed by atoms with Gasteiger partial charge in [0.2, 0.25) is 5.91 Å². The Morgan fingerprint density at radius 1 is 1.12 bits per heavy atom. The van der Waals surface area contributed by atoms with Crippen LogP contribution in [0.5, 0.6) is 5.75 Å². The molecule has 5 heteroatoms. The number of nitrogens with one attached hydrogen (secondary N) is 1. The molecule has 0 spiro atoms. The number of benzene rings is 2. The molecule has 0 saturated carbocycles. The molecule has 1 aliphatic heterocycles. The summed E-state index contributed by atoms with van der Waals surface area (Å²) in [6, 6.07) is 14.5. The summed E-state index contributed by atoms with van der Waals surface area (Å²) in [5.74, 6) is -0.256. The molecule has 0 saturated heterocycles. The Bertz CT molecular complexity index is 739. The lowest BCUT2D eigenvalue weighted by Gasteiger charge is -2.24. The van der Waals surface area contributed by atoms with E-state index in [9.17, 15) is 9.59 Å². The van der Waals surface area contributed by atoms with E-state index in [-0.39, 0.29) is 17.4 Å². The number of carboxylic acids is 1. The van der Waals surface area contributed by atoms with Gasteiger partial charge in [0.05, 0.1) is 11.5 Å². The summed E-state index contributed by atoms with van der Waals surface area (Å²) in [4.78, 5) is 23.1. The fourth-order valence-corrected chi connectivity index (χ4v) is 2.78. The number of hydrogen-bond acceptors (Lipinski definition) is 3. The monoisotopic (exact) mass is 325 g/mol. The predicted octanol–water partition coefficient (Wildman–Crippen LogP) is 2.29. The van der Waals surface area contributed by atoms with Gasteiger partial charge in [0.25, 0.3) is 0 Å². The molecule has 1 aliphatic rings. The average Bonchev–Trinajstić information content (AvgIpc) is 2.61. The smallest absolute Gasteiger partial charge is 0.335 e. The number of carbonyl (C=O) groups is 2. The van der Waals surface area contributed by atoms with Crippen LogP contribution in [0.1, 0.15) is 21.5 Å². The summed E-state index contributed by atoms with van der Waals surface area (Å²) < 4.78 is 5.64. The van der Waals surface area contributed by atoms with Crippen molar-refractivity contribution in [3.8, 4) is 5.75 Å². The Labute approximate surface area is 140 Å². The van der Waals surface area contributed by atoms with Gasteiger partial charge in [-0.3, -0.25) is 4.79 Å². The van der Waals surface area contributed by atoms with Crippen LogP contribution < -0.4 is 10.1 Å². The largest absolute Gasteiger partial charge is 0.492 e. The topological polar surface area (TPSA) is 75.6 Å². The van der Waals surface area contributed by atoms with Gasteiger partial charge >= 0.3 is 5.97 Å². The number of fused-ring (bicyclic) bond motifs is 1. The summed E-state index contributed by atoms with van der Waals surface area (Å²) in [7, 11) is 0. The Morgan fingerprint density at radius 3 is 2.62 bits per heavy atom. The molecule has 5 nitrogen and oxygen atoms in total. The van der Waals surface area contributed by atoms with E-state index in [0.717, 1.165) is 16.9 Å². The molecule has 0 fully saturated rings. The van der Waals surface area contributed by atoms with Crippen molar-refractivity contribution in [3.05, 3.63) is 65.2 Å². The highest BCUT2D eigenvalue weighted by Gasteiger charge is 2.25. The van der Waals surface area contributed by atoms with E-state index < -0.39 is 5.97 Å². The zero-order chi connectivity index (χ0) is 16.9. The first-order valence-corrected chi connectivity index (χ1v) is 7.94. The van der Waals surface area contributed by atoms with E-state index in [1.807, 2.05) is 24.3 Å². The molecule has 24 heavy (non-hydrogen) atoms. The Kier molecular flexibility index (Phi) is 4.79. The van der Waals surface area contributed by atoms with E-state index in [2.05, 4.69) is 5.32 Å². The molecule has 0 radical (unpaired) electrons. The molecule has 0 bridgehead atoms. The van der Waals surface area contributed by atoms with Crippen molar-refractivity contribution in [2.75, 3.05) is 13.2 Å². The third kappa shape index (κ3) is 3.74. The summed E-state index contributed by atoms with van der Waals surface area (Å²) in [5.41, 5.74) is 2.32. The number of aromatic carboxylic acids is 1. The predicted molar refractivity (Wildman–Crippen MR) is 89.2 cm³/mol. The Balaban J connectivity index is 1.49. The summed E-state index contributed by atoms with van der Waals surface area (Å²) >= 11 is 0. The van der Waals surface area contributed by atoms with Gasteiger partial charge < -0.3 is 15.2 Å². The number of para-hydroxylation sites is 1. The normalized spacial score (nSPS) is 15.9.